The van der Waals surface area contributed by atoms with Gasteiger partial charge in [0.05, 0.1) is 0 Å². The number of halogens is 1. The van der Waals surface area contributed by atoms with E-state index in [0.29, 0.717) is 18.0 Å². The van der Waals surface area contributed by atoms with E-state index in [1.165, 1.54) is 25.7 Å². The number of carbonyl (C=O) groups is 1. The van der Waals surface area contributed by atoms with E-state index < -0.39 is 0 Å². The Bertz CT molecular complexity index is 499. The molecule has 0 saturated carbocycles. The summed E-state index contributed by atoms with van der Waals surface area (Å²) in [7, 11) is 0. The largest absolute Gasteiger partial charge is 0.326 e. The minimum absolute atomic E-state index is 0.0154. The van der Waals surface area contributed by atoms with Crippen molar-refractivity contribution in [3.63, 3.8) is 0 Å². The summed E-state index contributed by atoms with van der Waals surface area (Å²) >= 11 is 5.88. The summed E-state index contributed by atoms with van der Waals surface area (Å²) in [6.07, 6.45) is 9.10. The topological polar surface area (TPSA) is 41.1 Å². The lowest BCUT2D eigenvalue weighted by atomic mass is 9.97. The standard InChI is InChI=1S/C17H23ClN2O/c18-15-7-4-8-16(13-15)20-17(21)10-12-19-11-9-14-5-2-1-3-6-14/h4-5,7-8,13,19H,1-3,6,9-12H2,(H,20,21). The number of rotatable bonds is 7. The normalized spacial score (nSPS) is 14.6. The number of hydrogen-bond acceptors (Lipinski definition) is 2. The molecule has 0 fully saturated rings. The summed E-state index contributed by atoms with van der Waals surface area (Å²) in [5, 5.41) is 6.81. The van der Waals surface area contributed by atoms with Crippen molar-refractivity contribution < 1.29 is 4.79 Å². The third-order valence-electron chi connectivity index (χ3n) is 3.65. The molecule has 4 heteroatoms. The van der Waals surface area contributed by atoms with E-state index in [4.69, 9.17) is 11.6 Å². The van der Waals surface area contributed by atoms with Crippen molar-refractivity contribution in [3.8, 4) is 0 Å². The summed E-state index contributed by atoms with van der Waals surface area (Å²) in [5.41, 5.74) is 2.32. The predicted octanol–water partition coefficient (Wildman–Crippen LogP) is 4.15. The second-order valence-corrected chi connectivity index (χ2v) is 5.85. The molecule has 0 heterocycles. The third-order valence-corrected chi connectivity index (χ3v) is 3.88. The molecule has 1 amide bonds. The van der Waals surface area contributed by atoms with Crippen LogP contribution in [-0.2, 0) is 4.79 Å². The Hall–Kier alpha value is -1.32. The van der Waals surface area contributed by atoms with E-state index in [0.717, 1.165) is 18.7 Å². The molecule has 0 spiro atoms. The van der Waals surface area contributed by atoms with Crippen LogP contribution in [0.4, 0.5) is 5.69 Å². The van der Waals surface area contributed by atoms with Crippen LogP contribution in [0.3, 0.4) is 0 Å². The van der Waals surface area contributed by atoms with Gasteiger partial charge in [-0.3, -0.25) is 4.79 Å². The molecule has 0 bridgehead atoms. The minimum atomic E-state index is 0.0154. The first-order valence-corrected chi connectivity index (χ1v) is 8.06. The third kappa shape index (κ3) is 6.32. The Morgan fingerprint density at radius 1 is 1.24 bits per heavy atom. The van der Waals surface area contributed by atoms with Gasteiger partial charge in [-0.05, 0) is 56.8 Å². The van der Waals surface area contributed by atoms with Crippen LogP contribution in [-0.4, -0.2) is 19.0 Å². The zero-order valence-corrected chi connectivity index (χ0v) is 13.1. The second kappa shape index (κ2) is 8.85. The Labute approximate surface area is 131 Å². The van der Waals surface area contributed by atoms with E-state index in [9.17, 15) is 4.79 Å². The molecule has 1 aromatic carbocycles. The van der Waals surface area contributed by atoms with Crippen LogP contribution in [0.15, 0.2) is 35.9 Å². The molecular weight excluding hydrogens is 284 g/mol. The lowest BCUT2D eigenvalue weighted by Gasteiger charge is -2.12. The number of benzene rings is 1. The van der Waals surface area contributed by atoms with Gasteiger partial charge < -0.3 is 10.6 Å². The number of anilines is 1. The summed E-state index contributed by atoms with van der Waals surface area (Å²) in [4.78, 5) is 11.8. The molecular formula is C17H23ClN2O. The molecule has 114 valence electrons. The van der Waals surface area contributed by atoms with Gasteiger partial charge in [-0.2, -0.15) is 0 Å². The Morgan fingerprint density at radius 3 is 2.90 bits per heavy atom. The monoisotopic (exact) mass is 306 g/mol. The molecule has 1 aromatic rings. The van der Waals surface area contributed by atoms with Crippen molar-refractivity contribution in [2.45, 2.75) is 38.5 Å². The fourth-order valence-electron chi connectivity index (χ4n) is 2.50. The SMILES string of the molecule is O=C(CCNCCC1=CCCCC1)Nc1cccc(Cl)c1. The molecule has 0 aromatic heterocycles. The molecule has 1 aliphatic rings. The maximum atomic E-state index is 11.8. The highest BCUT2D eigenvalue weighted by Crippen LogP contribution is 2.19. The lowest BCUT2D eigenvalue weighted by Crippen LogP contribution is -2.23. The van der Waals surface area contributed by atoms with Crippen molar-refractivity contribution in [3.05, 3.63) is 40.9 Å². The van der Waals surface area contributed by atoms with Gasteiger partial charge in [0.1, 0.15) is 0 Å². The fraction of sp³-hybridized carbons (Fsp3) is 0.471. The van der Waals surface area contributed by atoms with Crippen LogP contribution in [0.5, 0.6) is 0 Å². The van der Waals surface area contributed by atoms with Gasteiger partial charge in [-0.1, -0.05) is 29.3 Å². The average molecular weight is 307 g/mol. The van der Waals surface area contributed by atoms with Gasteiger partial charge >= 0.3 is 0 Å². The minimum Gasteiger partial charge on any atom is -0.326 e. The smallest absolute Gasteiger partial charge is 0.225 e. The molecule has 0 atom stereocenters. The van der Waals surface area contributed by atoms with Crippen LogP contribution in [0, 0.1) is 0 Å². The zero-order valence-electron chi connectivity index (χ0n) is 12.3. The van der Waals surface area contributed by atoms with Gasteiger partial charge in [0.25, 0.3) is 0 Å². The van der Waals surface area contributed by atoms with E-state index >= 15 is 0 Å². The summed E-state index contributed by atoms with van der Waals surface area (Å²) in [5.74, 6) is 0.0154. The van der Waals surface area contributed by atoms with Gasteiger partial charge in [0, 0.05) is 23.7 Å². The summed E-state index contributed by atoms with van der Waals surface area (Å²) in [6.45, 7) is 1.66. The number of carbonyl (C=O) groups excluding carboxylic acids is 1. The van der Waals surface area contributed by atoms with Crippen molar-refractivity contribution >= 4 is 23.2 Å². The second-order valence-electron chi connectivity index (χ2n) is 5.42. The number of hydrogen-bond donors (Lipinski definition) is 2. The summed E-state index contributed by atoms with van der Waals surface area (Å²) < 4.78 is 0. The molecule has 0 aliphatic heterocycles. The Morgan fingerprint density at radius 2 is 2.14 bits per heavy atom. The molecule has 1 aliphatic carbocycles. The lowest BCUT2D eigenvalue weighted by molar-refractivity contribution is -0.116. The molecule has 0 radical (unpaired) electrons. The van der Waals surface area contributed by atoms with Crippen LogP contribution >= 0.6 is 11.6 Å². The van der Waals surface area contributed by atoms with Crippen LogP contribution < -0.4 is 10.6 Å². The van der Waals surface area contributed by atoms with Gasteiger partial charge in [-0.15, -0.1) is 0 Å². The van der Waals surface area contributed by atoms with E-state index in [-0.39, 0.29) is 5.91 Å². The van der Waals surface area contributed by atoms with Crippen molar-refractivity contribution in [2.24, 2.45) is 0 Å². The van der Waals surface area contributed by atoms with Crippen molar-refractivity contribution in [1.29, 1.82) is 0 Å². The summed E-state index contributed by atoms with van der Waals surface area (Å²) in [6, 6.07) is 7.21. The molecule has 0 saturated heterocycles. The Balaban J connectivity index is 1.58. The Kier molecular flexibility index (Phi) is 6.77. The van der Waals surface area contributed by atoms with Gasteiger partial charge in [0.15, 0.2) is 0 Å². The number of allylic oxidation sites excluding steroid dienone is 1. The first-order valence-electron chi connectivity index (χ1n) is 7.68. The van der Waals surface area contributed by atoms with Gasteiger partial charge in [-0.25, -0.2) is 0 Å². The fourth-order valence-corrected chi connectivity index (χ4v) is 2.69. The highest BCUT2D eigenvalue weighted by Gasteiger charge is 2.04. The zero-order chi connectivity index (χ0) is 14.9. The molecule has 0 unspecified atom stereocenters. The average Bonchev–Trinajstić information content (AvgIpc) is 2.48. The van der Waals surface area contributed by atoms with E-state index in [1.807, 2.05) is 12.1 Å². The van der Waals surface area contributed by atoms with Crippen LogP contribution in [0.25, 0.3) is 0 Å². The molecule has 2 N–H and O–H groups in total. The van der Waals surface area contributed by atoms with E-state index in [1.54, 1.807) is 17.7 Å². The highest BCUT2D eigenvalue weighted by molar-refractivity contribution is 6.30. The van der Waals surface area contributed by atoms with Crippen LogP contribution in [0.2, 0.25) is 5.02 Å². The van der Waals surface area contributed by atoms with Crippen molar-refractivity contribution in [1.82, 2.24) is 5.32 Å². The quantitative estimate of drug-likeness (QED) is 0.587. The molecule has 21 heavy (non-hydrogen) atoms. The maximum absolute atomic E-state index is 11.8. The predicted molar refractivity (Wildman–Crippen MR) is 88.7 cm³/mol. The molecule has 3 nitrogen and oxygen atoms in total. The van der Waals surface area contributed by atoms with Crippen LogP contribution in [0.1, 0.15) is 38.5 Å². The number of nitrogens with one attached hydrogen (secondary N) is 2. The highest BCUT2D eigenvalue weighted by atomic mass is 35.5. The first-order chi connectivity index (χ1) is 10.2. The number of amides is 1. The first kappa shape index (κ1) is 16.1. The van der Waals surface area contributed by atoms with Gasteiger partial charge in [0.2, 0.25) is 5.91 Å². The molecule has 2 rings (SSSR count). The maximum Gasteiger partial charge on any atom is 0.225 e. The van der Waals surface area contributed by atoms with E-state index in [2.05, 4.69) is 16.7 Å². The van der Waals surface area contributed by atoms with Crippen molar-refractivity contribution in [2.75, 3.05) is 18.4 Å².